The third kappa shape index (κ3) is 3.44. The molecule has 21 heavy (non-hydrogen) atoms. The quantitative estimate of drug-likeness (QED) is 0.655. The number of thioether (sulfide) groups is 1. The Morgan fingerprint density at radius 2 is 2.14 bits per heavy atom. The average Bonchev–Trinajstić information content (AvgIpc) is 2.47. The minimum atomic E-state index is -0.425. The van der Waals surface area contributed by atoms with Crippen molar-refractivity contribution in [2.45, 2.75) is 43.6 Å². The number of fused-ring (bicyclic) bond motifs is 1. The van der Waals surface area contributed by atoms with Crippen LogP contribution in [0.3, 0.4) is 0 Å². The number of hydrogen-bond donors (Lipinski definition) is 1. The maximum absolute atomic E-state index is 12.6. The number of rotatable bonds is 6. The smallest absolute Gasteiger partial charge is 0.262 e. The lowest BCUT2D eigenvalue weighted by atomic mass is 10.2. The van der Waals surface area contributed by atoms with Gasteiger partial charge in [-0.3, -0.25) is 14.2 Å². The Labute approximate surface area is 127 Å². The molecule has 0 aliphatic heterocycles. The fraction of sp³-hybridized carbons (Fsp3) is 0.400. The van der Waals surface area contributed by atoms with Gasteiger partial charge >= 0.3 is 0 Å². The largest absolute Gasteiger partial charge is 0.369 e. The van der Waals surface area contributed by atoms with E-state index in [0.717, 1.165) is 12.8 Å². The fourth-order valence-electron chi connectivity index (χ4n) is 1.97. The van der Waals surface area contributed by atoms with E-state index in [-0.39, 0.29) is 5.56 Å². The predicted molar refractivity (Wildman–Crippen MR) is 85.4 cm³/mol. The van der Waals surface area contributed by atoms with Crippen LogP contribution in [-0.4, -0.2) is 20.7 Å². The van der Waals surface area contributed by atoms with Crippen LogP contribution >= 0.6 is 11.8 Å². The zero-order valence-electron chi connectivity index (χ0n) is 12.2. The molecule has 0 unspecified atom stereocenters. The van der Waals surface area contributed by atoms with Crippen molar-refractivity contribution in [2.75, 3.05) is 0 Å². The van der Waals surface area contributed by atoms with Gasteiger partial charge in [-0.1, -0.05) is 37.2 Å². The summed E-state index contributed by atoms with van der Waals surface area (Å²) in [6, 6.07) is 7.25. The van der Waals surface area contributed by atoms with Gasteiger partial charge in [0, 0.05) is 6.54 Å². The number of carbonyl (C=O) groups excluding carboxylic acids is 1. The number of primary amides is 1. The Bertz CT molecular complexity index is 712. The molecule has 0 aliphatic carbocycles. The highest BCUT2D eigenvalue weighted by Crippen LogP contribution is 2.22. The van der Waals surface area contributed by atoms with Gasteiger partial charge in [-0.15, -0.1) is 0 Å². The van der Waals surface area contributed by atoms with Gasteiger partial charge in [-0.2, -0.15) is 0 Å². The van der Waals surface area contributed by atoms with Crippen LogP contribution in [0.4, 0.5) is 0 Å². The lowest BCUT2D eigenvalue weighted by Gasteiger charge is -2.14. The Kier molecular flexibility index (Phi) is 5.01. The molecule has 2 aromatic rings. The van der Waals surface area contributed by atoms with Crippen LogP contribution in [0.15, 0.2) is 34.2 Å². The number of unbranched alkanes of at least 4 members (excludes halogenated alkanes) is 1. The molecular formula is C15H19N3O2S. The van der Waals surface area contributed by atoms with E-state index >= 15 is 0 Å². The first kappa shape index (κ1) is 15.6. The van der Waals surface area contributed by atoms with E-state index in [2.05, 4.69) is 11.9 Å². The maximum Gasteiger partial charge on any atom is 0.262 e. The Morgan fingerprint density at radius 1 is 1.43 bits per heavy atom. The molecule has 2 N–H and O–H groups in total. The minimum Gasteiger partial charge on any atom is -0.369 e. The number of benzene rings is 1. The topological polar surface area (TPSA) is 78.0 Å². The van der Waals surface area contributed by atoms with Crippen molar-refractivity contribution < 1.29 is 4.79 Å². The monoisotopic (exact) mass is 305 g/mol. The first-order chi connectivity index (χ1) is 10.0. The summed E-state index contributed by atoms with van der Waals surface area (Å²) >= 11 is 1.24. The average molecular weight is 305 g/mol. The van der Waals surface area contributed by atoms with Crippen molar-refractivity contribution in [1.82, 2.24) is 9.55 Å². The van der Waals surface area contributed by atoms with Gasteiger partial charge < -0.3 is 5.73 Å². The van der Waals surface area contributed by atoms with Crippen LogP contribution in [0.25, 0.3) is 10.9 Å². The summed E-state index contributed by atoms with van der Waals surface area (Å²) in [5.74, 6) is -0.413. The zero-order valence-corrected chi connectivity index (χ0v) is 13.0. The lowest BCUT2D eigenvalue weighted by molar-refractivity contribution is -0.117. The van der Waals surface area contributed by atoms with Crippen molar-refractivity contribution in [1.29, 1.82) is 0 Å². The number of nitrogens with two attached hydrogens (primary N) is 1. The van der Waals surface area contributed by atoms with Gasteiger partial charge in [0.2, 0.25) is 5.91 Å². The Balaban J connectivity index is 2.54. The second kappa shape index (κ2) is 6.76. The normalized spacial score (nSPS) is 12.5. The summed E-state index contributed by atoms with van der Waals surface area (Å²) in [7, 11) is 0. The number of aromatic nitrogens is 2. The molecule has 1 aromatic heterocycles. The van der Waals surface area contributed by atoms with Crippen molar-refractivity contribution in [2.24, 2.45) is 5.73 Å². The van der Waals surface area contributed by atoms with E-state index in [0.29, 0.717) is 22.6 Å². The van der Waals surface area contributed by atoms with E-state index < -0.39 is 11.2 Å². The molecule has 0 fully saturated rings. The predicted octanol–water partition coefficient (Wildman–Crippen LogP) is 2.16. The van der Waals surface area contributed by atoms with Gasteiger partial charge in [0.05, 0.1) is 16.2 Å². The molecule has 1 aromatic carbocycles. The summed E-state index contributed by atoms with van der Waals surface area (Å²) in [6.07, 6.45) is 1.87. The number of carbonyl (C=O) groups is 1. The van der Waals surface area contributed by atoms with Gasteiger partial charge in [0.1, 0.15) is 0 Å². The molecule has 0 spiro atoms. The summed E-state index contributed by atoms with van der Waals surface area (Å²) in [6.45, 7) is 4.39. The molecule has 1 atom stereocenters. The highest BCUT2D eigenvalue weighted by molar-refractivity contribution is 8.00. The number of amides is 1. The molecule has 0 radical (unpaired) electrons. The molecule has 1 amide bonds. The van der Waals surface area contributed by atoms with Crippen molar-refractivity contribution in [3.63, 3.8) is 0 Å². The highest BCUT2D eigenvalue weighted by Gasteiger charge is 2.17. The van der Waals surface area contributed by atoms with Crippen LogP contribution in [-0.2, 0) is 11.3 Å². The van der Waals surface area contributed by atoms with E-state index in [9.17, 15) is 9.59 Å². The number of nitrogens with zero attached hydrogens (tertiary/aromatic N) is 2. The van der Waals surface area contributed by atoms with Crippen LogP contribution in [0.2, 0.25) is 0 Å². The summed E-state index contributed by atoms with van der Waals surface area (Å²) < 4.78 is 1.65. The van der Waals surface area contributed by atoms with Crippen LogP contribution < -0.4 is 11.3 Å². The third-order valence-electron chi connectivity index (χ3n) is 3.24. The number of hydrogen-bond acceptors (Lipinski definition) is 4. The van der Waals surface area contributed by atoms with Crippen molar-refractivity contribution in [3.05, 3.63) is 34.6 Å². The van der Waals surface area contributed by atoms with Crippen molar-refractivity contribution >= 4 is 28.6 Å². The molecule has 0 aliphatic rings. The maximum atomic E-state index is 12.6. The Morgan fingerprint density at radius 3 is 2.81 bits per heavy atom. The SMILES string of the molecule is CCCCn1c(S[C@@H](C)C(N)=O)nc2ccccc2c1=O. The first-order valence-corrected chi connectivity index (χ1v) is 7.88. The first-order valence-electron chi connectivity index (χ1n) is 7.00. The van der Waals surface area contributed by atoms with Gasteiger partial charge in [0.15, 0.2) is 5.16 Å². The highest BCUT2D eigenvalue weighted by atomic mass is 32.2. The van der Waals surface area contributed by atoms with Gasteiger partial charge in [0.25, 0.3) is 5.56 Å². The van der Waals surface area contributed by atoms with Gasteiger partial charge in [-0.05, 0) is 25.5 Å². The molecule has 6 heteroatoms. The molecule has 1 heterocycles. The zero-order chi connectivity index (χ0) is 15.4. The summed E-state index contributed by atoms with van der Waals surface area (Å²) in [5.41, 5.74) is 5.90. The lowest BCUT2D eigenvalue weighted by Crippen LogP contribution is -2.27. The van der Waals surface area contributed by atoms with Crippen LogP contribution in [0, 0.1) is 0 Å². The standard InChI is InChI=1S/C15H19N3O2S/c1-3-4-9-18-14(20)11-7-5-6-8-12(11)17-15(18)21-10(2)13(16)19/h5-8,10H,3-4,9H2,1-2H3,(H2,16,19)/t10-/m0/s1. The van der Waals surface area contributed by atoms with Crippen molar-refractivity contribution in [3.8, 4) is 0 Å². The number of para-hydroxylation sites is 1. The van der Waals surface area contributed by atoms with Crippen LogP contribution in [0.5, 0.6) is 0 Å². The second-order valence-electron chi connectivity index (χ2n) is 4.88. The molecule has 0 saturated heterocycles. The van der Waals surface area contributed by atoms with E-state index in [1.807, 2.05) is 12.1 Å². The molecule has 0 bridgehead atoms. The third-order valence-corrected chi connectivity index (χ3v) is 4.35. The second-order valence-corrected chi connectivity index (χ2v) is 6.19. The van der Waals surface area contributed by atoms with Crippen LogP contribution in [0.1, 0.15) is 26.7 Å². The van der Waals surface area contributed by atoms with Gasteiger partial charge in [-0.25, -0.2) is 4.98 Å². The molecule has 112 valence electrons. The Hall–Kier alpha value is -1.82. The molecule has 2 rings (SSSR count). The summed E-state index contributed by atoms with van der Waals surface area (Å²) in [5, 5.41) is 0.731. The molecule has 0 saturated carbocycles. The van der Waals surface area contributed by atoms with E-state index in [1.165, 1.54) is 11.8 Å². The fourth-order valence-corrected chi connectivity index (χ4v) is 2.85. The molecular weight excluding hydrogens is 286 g/mol. The summed E-state index contributed by atoms with van der Waals surface area (Å²) in [4.78, 5) is 28.4. The molecule has 5 nitrogen and oxygen atoms in total. The minimum absolute atomic E-state index is 0.0618. The van der Waals surface area contributed by atoms with E-state index in [4.69, 9.17) is 5.73 Å². The van der Waals surface area contributed by atoms with E-state index in [1.54, 1.807) is 23.6 Å².